The molecule has 0 amide bonds. The fourth-order valence-corrected chi connectivity index (χ4v) is 1.85. The molecule has 0 aliphatic heterocycles. The highest BCUT2D eigenvalue weighted by Crippen LogP contribution is 2.26. The smallest absolute Gasteiger partial charge is 0.340 e. The van der Waals surface area contributed by atoms with Crippen molar-refractivity contribution < 1.29 is 14.6 Å². The topological polar surface area (TPSA) is 62.3 Å². The number of phenolic OH excluding ortho intramolecular Hbond substituents is 1. The lowest BCUT2D eigenvalue weighted by Crippen LogP contribution is -2.12. The van der Waals surface area contributed by atoms with E-state index in [9.17, 15) is 9.90 Å². The average Bonchev–Trinajstić information content (AvgIpc) is 2.52. The van der Waals surface area contributed by atoms with E-state index in [-0.39, 0.29) is 17.8 Å². The average molecular weight is 233 g/mol. The second kappa shape index (κ2) is 4.13. The Morgan fingerprint density at radius 3 is 2.76 bits per heavy atom. The molecule has 0 aliphatic rings. The maximum Gasteiger partial charge on any atom is 0.340 e. The number of aromatic hydroxyl groups is 1. The van der Waals surface area contributed by atoms with Gasteiger partial charge in [0.1, 0.15) is 5.75 Å². The number of aromatic amines is 1. The molecule has 0 atom stereocenters. The molecule has 90 valence electrons. The molecule has 17 heavy (non-hydrogen) atoms. The number of carbonyl (C=O) groups excluding carboxylic acids is 1. The van der Waals surface area contributed by atoms with Crippen LogP contribution in [-0.4, -0.2) is 22.2 Å². The number of esters is 1. The van der Waals surface area contributed by atoms with Gasteiger partial charge in [0.25, 0.3) is 0 Å². The van der Waals surface area contributed by atoms with Crippen LogP contribution < -0.4 is 0 Å². The summed E-state index contributed by atoms with van der Waals surface area (Å²) in [5.74, 6) is -0.232. The third-order valence-electron chi connectivity index (χ3n) is 2.52. The largest absolute Gasteiger partial charge is 0.508 e. The van der Waals surface area contributed by atoms with E-state index in [1.807, 2.05) is 6.92 Å². The highest BCUT2D eigenvalue weighted by Gasteiger charge is 2.18. The van der Waals surface area contributed by atoms with Crippen molar-refractivity contribution in [1.82, 2.24) is 4.98 Å². The van der Waals surface area contributed by atoms with Crippen LogP contribution in [0, 0.1) is 6.92 Å². The lowest BCUT2D eigenvalue weighted by molar-refractivity contribution is 0.0379. The standard InChI is InChI=1S/C13H15NO3/c1-7(2)17-13(16)12-8(3)14-11-5-4-9(15)6-10(11)12/h4-7,14-15H,1-3H3. The zero-order chi connectivity index (χ0) is 12.6. The van der Waals surface area contributed by atoms with Gasteiger partial charge in [-0.05, 0) is 39.0 Å². The highest BCUT2D eigenvalue weighted by atomic mass is 16.5. The summed E-state index contributed by atoms with van der Waals surface area (Å²) in [6.45, 7) is 5.42. The molecule has 0 saturated carbocycles. The number of hydrogen-bond acceptors (Lipinski definition) is 3. The first-order chi connectivity index (χ1) is 7.99. The van der Waals surface area contributed by atoms with Crippen molar-refractivity contribution in [2.24, 2.45) is 0 Å². The predicted octanol–water partition coefficient (Wildman–Crippen LogP) is 2.75. The van der Waals surface area contributed by atoms with Crippen LogP contribution in [-0.2, 0) is 4.74 Å². The molecule has 0 unspecified atom stereocenters. The van der Waals surface area contributed by atoms with Crippen LogP contribution in [0.2, 0.25) is 0 Å². The molecule has 4 heteroatoms. The van der Waals surface area contributed by atoms with Crippen molar-refractivity contribution in [1.29, 1.82) is 0 Å². The lowest BCUT2D eigenvalue weighted by Gasteiger charge is -2.07. The zero-order valence-corrected chi connectivity index (χ0v) is 10.1. The Morgan fingerprint density at radius 2 is 2.12 bits per heavy atom. The number of aromatic nitrogens is 1. The molecule has 0 bridgehead atoms. The van der Waals surface area contributed by atoms with Crippen LogP contribution >= 0.6 is 0 Å². The van der Waals surface area contributed by atoms with Gasteiger partial charge in [-0.15, -0.1) is 0 Å². The van der Waals surface area contributed by atoms with Gasteiger partial charge in [-0.1, -0.05) is 0 Å². The Hall–Kier alpha value is -1.97. The van der Waals surface area contributed by atoms with Crippen LogP contribution in [0.5, 0.6) is 5.75 Å². The Balaban J connectivity index is 2.55. The summed E-state index contributed by atoms with van der Waals surface area (Å²) < 4.78 is 5.18. The van der Waals surface area contributed by atoms with Crippen molar-refractivity contribution in [3.63, 3.8) is 0 Å². The summed E-state index contributed by atoms with van der Waals surface area (Å²) in [5, 5.41) is 10.1. The van der Waals surface area contributed by atoms with E-state index < -0.39 is 0 Å². The second-order valence-electron chi connectivity index (χ2n) is 4.31. The van der Waals surface area contributed by atoms with Crippen LogP contribution in [0.3, 0.4) is 0 Å². The fraction of sp³-hybridized carbons (Fsp3) is 0.308. The van der Waals surface area contributed by atoms with Crippen LogP contribution in [0.1, 0.15) is 29.9 Å². The predicted molar refractivity (Wildman–Crippen MR) is 65.3 cm³/mol. The molecule has 1 aromatic carbocycles. The maximum absolute atomic E-state index is 11.9. The molecule has 1 heterocycles. The van der Waals surface area contributed by atoms with Crippen LogP contribution in [0.25, 0.3) is 10.9 Å². The Labute approximate surface area is 99.2 Å². The van der Waals surface area contributed by atoms with E-state index in [1.54, 1.807) is 32.0 Å². The van der Waals surface area contributed by atoms with E-state index >= 15 is 0 Å². The van der Waals surface area contributed by atoms with Gasteiger partial charge in [-0.3, -0.25) is 0 Å². The SMILES string of the molecule is Cc1[nH]c2ccc(O)cc2c1C(=O)OC(C)C. The number of benzene rings is 1. The van der Waals surface area contributed by atoms with Gasteiger partial charge in [0.15, 0.2) is 0 Å². The molecule has 0 fully saturated rings. The number of phenols is 1. The third-order valence-corrected chi connectivity index (χ3v) is 2.52. The molecular weight excluding hydrogens is 218 g/mol. The van der Waals surface area contributed by atoms with Gasteiger partial charge in [0.2, 0.25) is 0 Å². The number of hydrogen-bond donors (Lipinski definition) is 2. The zero-order valence-electron chi connectivity index (χ0n) is 10.1. The van der Waals surface area contributed by atoms with Crippen molar-refractivity contribution in [3.8, 4) is 5.75 Å². The van der Waals surface area contributed by atoms with E-state index in [0.29, 0.717) is 10.9 Å². The summed E-state index contributed by atoms with van der Waals surface area (Å²) in [6, 6.07) is 4.88. The summed E-state index contributed by atoms with van der Waals surface area (Å²) in [6.07, 6.45) is -0.163. The summed E-state index contributed by atoms with van der Waals surface area (Å²) >= 11 is 0. The molecule has 1 aromatic heterocycles. The minimum absolute atomic E-state index is 0.134. The summed E-state index contributed by atoms with van der Waals surface area (Å²) in [4.78, 5) is 15.0. The quantitative estimate of drug-likeness (QED) is 0.784. The molecule has 2 rings (SSSR count). The van der Waals surface area contributed by atoms with Crippen LogP contribution in [0.15, 0.2) is 18.2 Å². The van der Waals surface area contributed by atoms with Gasteiger partial charge < -0.3 is 14.8 Å². The van der Waals surface area contributed by atoms with E-state index in [2.05, 4.69) is 4.98 Å². The Kier molecular flexibility index (Phi) is 2.79. The van der Waals surface area contributed by atoms with E-state index in [1.165, 1.54) is 0 Å². The molecule has 0 spiro atoms. The number of carbonyl (C=O) groups is 1. The number of rotatable bonds is 2. The summed E-state index contributed by atoms with van der Waals surface area (Å²) in [5.41, 5.74) is 2.05. The highest BCUT2D eigenvalue weighted by molar-refractivity contribution is 6.05. The Bertz CT molecular complexity index is 569. The molecule has 2 aromatic rings. The molecule has 0 aliphatic carbocycles. The molecule has 4 nitrogen and oxygen atoms in total. The van der Waals surface area contributed by atoms with E-state index in [0.717, 1.165) is 11.2 Å². The molecule has 0 saturated heterocycles. The third kappa shape index (κ3) is 2.11. The minimum Gasteiger partial charge on any atom is -0.508 e. The van der Waals surface area contributed by atoms with Crippen molar-refractivity contribution in [2.75, 3.05) is 0 Å². The minimum atomic E-state index is -0.366. The first-order valence-electron chi connectivity index (χ1n) is 5.51. The first kappa shape index (κ1) is 11.5. The van der Waals surface area contributed by atoms with Crippen molar-refractivity contribution in [3.05, 3.63) is 29.5 Å². The van der Waals surface area contributed by atoms with Gasteiger partial charge in [-0.25, -0.2) is 4.79 Å². The number of ether oxygens (including phenoxy) is 1. The monoisotopic (exact) mass is 233 g/mol. The summed E-state index contributed by atoms with van der Waals surface area (Å²) in [7, 11) is 0. The second-order valence-corrected chi connectivity index (χ2v) is 4.31. The number of nitrogens with one attached hydrogen (secondary N) is 1. The first-order valence-corrected chi connectivity index (χ1v) is 5.51. The molecule has 0 radical (unpaired) electrons. The molecular formula is C13H15NO3. The van der Waals surface area contributed by atoms with Gasteiger partial charge in [0, 0.05) is 16.6 Å². The van der Waals surface area contributed by atoms with Crippen molar-refractivity contribution >= 4 is 16.9 Å². The van der Waals surface area contributed by atoms with Gasteiger partial charge >= 0.3 is 5.97 Å². The van der Waals surface area contributed by atoms with Gasteiger partial charge in [0.05, 0.1) is 11.7 Å². The van der Waals surface area contributed by atoms with Crippen LogP contribution in [0.4, 0.5) is 0 Å². The maximum atomic E-state index is 11.9. The Morgan fingerprint density at radius 1 is 1.41 bits per heavy atom. The normalized spacial score (nSPS) is 11.1. The van der Waals surface area contributed by atoms with Gasteiger partial charge in [-0.2, -0.15) is 0 Å². The van der Waals surface area contributed by atoms with Crippen molar-refractivity contribution in [2.45, 2.75) is 26.9 Å². The number of fused-ring (bicyclic) bond motifs is 1. The number of aryl methyl sites for hydroxylation is 1. The van der Waals surface area contributed by atoms with E-state index in [4.69, 9.17) is 4.74 Å². The molecule has 2 N–H and O–H groups in total. The fourth-order valence-electron chi connectivity index (χ4n) is 1.85. The lowest BCUT2D eigenvalue weighted by atomic mass is 10.1. The number of H-pyrrole nitrogens is 1.